The molecule has 0 radical (unpaired) electrons. The molecule has 0 saturated carbocycles. The summed E-state index contributed by atoms with van der Waals surface area (Å²) in [5.41, 5.74) is 6.45. The van der Waals surface area contributed by atoms with E-state index in [0.29, 0.717) is 17.1 Å². The molecule has 8 heteroatoms. The van der Waals surface area contributed by atoms with Crippen molar-refractivity contribution in [1.29, 1.82) is 0 Å². The maximum absolute atomic E-state index is 12.1. The summed E-state index contributed by atoms with van der Waals surface area (Å²) < 4.78 is 16.1. The van der Waals surface area contributed by atoms with Gasteiger partial charge >= 0.3 is 5.97 Å². The van der Waals surface area contributed by atoms with Gasteiger partial charge in [-0.3, -0.25) is 4.79 Å². The van der Waals surface area contributed by atoms with Crippen LogP contribution in [0.4, 0.5) is 0 Å². The lowest BCUT2D eigenvalue weighted by molar-refractivity contribution is -0.143. The van der Waals surface area contributed by atoms with Crippen LogP contribution < -0.4 is 14.9 Å². The maximum atomic E-state index is 12.1. The molecule has 0 unspecified atom stereocenters. The normalized spacial score (nSPS) is 10.7. The molecular weight excluding hydrogens is 487 g/mol. The molecule has 0 bridgehead atoms. The lowest BCUT2D eigenvalue weighted by Crippen LogP contribution is -2.20. The Balaban J connectivity index is 2.03. The molecule has 0 aliphatic carbocycles. The molecular formula is C21H23IN2O5. The highest BCUT2D eigenvalue weighted by Crippen LogP contribution is 2.33. The van der Waals surface area contributed by atoms with Gasteiger partial charge in [-0.2, -0.15) is 5.10 Å². The van der Waals surface area contributed by atoms with Crippen LogP contribution in [0.3, 0.4) is 0 Å². The Kier molecular flexibility index (Phi) is 8.44. The fourth-order valence-electron chi connectivity index (χ4n) is 2.58. The van der Waals surface area contributed by atoms with Gasteiger partial charge in [-0.15, -0.1) is 0 Å². The monoisotopic (exact) mass is 510 g/mol. The first-order chi connectivity index (χ1) is 13.8. The number of hydrazone groups is 1. The van der Waals surface area contributed by atoms with Crippen LogP contribution in [0, 0.1) is 17.4 Å². The Morgan fingerprint density at radius 2 is 1.93 bits per heavy atom. The van der Waals surface area contributed by atoms with Crippen LogP contribution in [0.25, 0.3) is 0 Å². The number of methoxy groups -OCH3 is 2. The lowest BCUT2D eigenvalue weighted by Gasteiger charge is -2.12. The van der Waals surface area contributed by atoms with E-state index in [1.807, 2.05) is 32.0 Å². The number of aryl methyl sites for hydroxylation is 2. The molecule has 0 aliphatic rings. The van der Waals surface area contributed by atoms with E-state index in [9.17, 15) is 9.59 Å². The minimum Gasteiger partial charge on any atom is -0.493 e. The zero-order valence-corrected chi connectivity index (χ0v) is 18.9. The van der Waals surface area contributed by atoms with E-state index in [1.54, 1.807) is 12.1 Å². The zero-order chi connectivity index (χ0) is 21.4. The third-order valence-electron chi connectivity index (χ3n) is 4.07. The van der Waals surface area contributed by atoms with Gasteiger partial charge in [0, 0.05) is 0 Å². The van der Waals surface area contributed by atoms with E-state index in [1.165, 1.54) is 20.4 Å². The van der Waals surface area contributed by atoms with Gasteiger partial charge in [-0.05, 0) is 65.3 Å². The maximum Gasteiger partial charge on any atom is 0.343 e. The van der Waals surface area contributed by atoms with Gasteiger partial charge < -0.3 is 14.2 Å². The summed E-state index contributed by atoms with van der Waals surface area (Å²) in [6, 6.07) is 9.49. The Hall–Kier alpha value is -2.62. The van der Waals surface area contributed by atoms with Crippen molar-refractivity contribution in [3.05, 3.63) is 56.2 Å². The van der Waals surface area contributed by atoms with E-state index < -0.39 is 5.97 Å². The predicted octanol–water partition coefficient (Wildman–Crippen LogP) is 3.16. The van der Waals surface area contributed by atoms with Crippen LogP contribution in [0.5, 0.6) is 11.5 Å². The second-order valence-corrected chi connectivity index (χ2v) is 7.46. The number of nitrogens with zero attached hydrogens (tertiary/aromatic N) is 1. The first kappa shape index (κ1) is 22.7. The fraction of sp³-hybridized carbons (Fsp3) is 0.286. The topological polar surface area (TPSA) is 86.2 Å². The average Bonchev–Trinajstić information content (AvgIpc) is 2.68. The molecule has 1 amide bonds. The van der Waals surface area contributed by atoms with Crippen LogP contribution in [0.15, 0.2) is 35.4 Å². The van der Waals surface area contributed by atoms with Gasteiger partial charge in [-0.1, -0.05) is 23.8 Å². The number of carbonyl (C=O) groups excluding carboxylic acids is 2. The second-order valence-electron chi connectivity index (χ2n) is 6.30. The number of carbonyl (C=O) groups is 2. The van der Waals surface area contributed by atoms with Crippen molar-refractivity contribution < 1.29 is 23.8 Å². The molecule has 2 aromatic rings. The van der Waals surface area contributed by atoms with E-state index in [4.69, 9.17) is 9.47 Å². The first-order valence-electron chi connectivity index (χ1n) is 8.79. The third kappa shape index (κ3) is 6.74. The number of rotatable bonds is 8. The van der Waals surface area contributed by atoms with E-state index in [-0.39, 0.29) is 18.9 Å². The summed E-state index contributed by atoms with van der Waals surface area (Å²) in [5, 5.41) is 4.02. The average molecular weight is 510 g/mol. The molecule has 0 heterocycles. The summed E-state index contributed by atoms with van der Waals surface area (Å²) in [6.45, 7) is 3.78. The van der Waals surface area contributed by atoms with Gasteiger partial charge in [0.05, 0.1) is 30.4 Å². The molecule has 1 N–H and O–H groups in total. The van der Waals surface area contributed by atoms with Crippen molar-refractivity contribution in [1.82, 2.24) is 5.43 Å². The van der Waals surface area contributed by atoms with E-state index in [2.05, 4.69) is 37.9 Å². The first-order valence-corrected chi connectivity index (χ1v) is 9.87. The van der Waals surface area contributed by atoms with Crippen molar-refractivity contribution in [2.45, 2.75) is 20.3 Å². The van der Waals surface area contributed by atoms with Crippen molar-refractivity contribution >= 4 is 40.7 Å². The molecule has 2 aromatic carbocycles. The SMILES string of the molecule is COC(=O)COc1c(I)cc(/C=N\NC(=O)Cc2ccc(C)cc2C)cc1OC. The number of benzene rings is 2. The molecule has 2 rings (SSSR count). The Morgan fingerprint density at radius 3 is 2.59 bits per heavy atom. The van der Waals surface area contributed by atoms with Gasteiger partial charge in [-0.25, -0.2) is 10.2 Å². The van der Waals surface area contributed by atoms with E-state index in [0.717, 1.165) is 20.3 Å². The summed E-state index contributed by atoms with van der Waals surface area (Å²) in [5.74, 6) is 0.200. The van der Waals surface area contributed by atoms with Crippen LogP contribution in [0.1, 0.15) is 22.3 Å². The molecule has 29 heavy (non-hydrogen) atoms. The fourth-order valence-corrected chi connectivity index (χ4v) is 3.36. The lowest BCUT2D eigenvalue weighted by atomic mass is 10.0. The van der Waals surface area contributed by atoms with Gasteiger partial charge in [0.1, 0.15) is 0 Å². The molecule has 0 fully saturated rings. The molecule has 0 aliphatic heterocycles. The summed E-state index contributed by atoms with van der Waals surface area (Å²) in [4.78, 5) is 23.4. The summed E-state index contributed by atoms with van der Waals surface area (Å²) in [6.07, 6.45) is 1.78. The molecule has 0 spiro atoms. The number of nitrogens with one attached hydrogen (secondary N) is 1. The van der Waals surface area contributed by atoms with Gasteiger partial charge in [0.25, 0.3) is 0 Å². The minimum atomic E-state index is -0.486. The van der Waals surface area contributed by atoms with Crippen molar-refractivity contribution in [2.75, 3.05) is 20.8 Å². The number of esters is 1. The van der Waals surface area contributed by atoms with Gasteiger partial charge in [0.2, 0.25) is 5.91 Å². The molecule has 154 valence electrons. The highest BCUT2D eigenvalue weighted by atomic mass is 127. The number of amides is 1. The largest absolute Gasteiger partial charge is 0.493 e. The third-order valence-corrected chi connectivity index (χ3v) is 4.87. The van der Waals surface area contributed by atoms with Crippen molar-refractivity contribution in [3.8, 4) is 11.5 Å². The quantitative estimate of drug-likeness (QED) is 0.255. The van der Waals surface area contributed by atoms with Crippen LogP contribution in [-0.2, 0) is 20.7 Å². The zero-order valence-electron chi connectivity index (χ0n) is 16.7. The van der Waals surface area contributed by atoms with Crippen LogP contribution in [0.2, 0.25) is 0 Å². The number of ether oxygens (including phenoxy) is 3. The molecule has 0 atom stereocenters. The summed E-state index contributed by atoms with van der Waals surface area (Å²) >= 11 is 2.07. The Bertz CT molecular complexity index is 928. The molecule has 0 aromatic heterocycles. The number of hydrogen-bond donors (Lipinski definition) is 1. The molecule has 0 saturated heterocycles. The Morgan fingerprint density at radius 1 is 1.17 bits per heavy atom. The van der Waals surface area contributed by atoms with Gasteiger partial charge in [0.15, 0.2) is 18.1 Å². The van der Waals surface area contributed by atoms with Crippen LogP contribution in [-0.4, -0.2) is 38.9 Å². The Labute approximate surface area is 183 Å². The molecule has 7 nitrogen and oxygen atoms in total. The number of hydrogen-bond acceptors (Lipinski definition) is 6. The van der Waals surface area contributed by atoms with Crippen LogP contribution >= 0.6 is 22.6 Å². The minimum absolute atomic E-state index is 0.201. The van der Waals surface area contributed by atoms with E-state index >= 15 is 0 Å². The second kappa shape index (κ2) is 10.8. The summed E-state index contributed by atoms with van der Waals surface area (Å²) in [7, 11) is 2.80. The van der Waals surface area contributed by atoms with Crippen molar-refractivity contribution in [3.63, 3.8) is 0 Å². The highest BCUT2D eigenvalue weighted by Gasteiger charge is 2.13. The number of halogens is 1. The smallest absolute Gasteiger partial charge is 0.343 e. The standard InChI is InChI=1S/C21H23IN2O5/c1-13-5-6-16(14(2)7-13)10-19(25)24-23-11-15-8-17(22)21(18(9-15)27-3)29-12-20(26)28-4/h5-9,11H,10,12H2,1-4H3,(H,24,25)/b23-11-. The predicted molar refractivity (Wildman–Crippen MR) is 119 cm³/mol. The highest BCUT2D eigenvalue weighted by molar-refractivity contribution is 14.1. The van der Waals surface area contributed by atoms with Crippen molar-refractivity contribution in [2.24, 2.45) is 5.10 Å².